The van der Waals surface area contributed by atoms with E-state index in [0.29, 0.717) is 32.5 Å². The van der Waals surface area contributed by atoms with Gasteiger partial charge in [0.15, 0.2) is 0 Å². The Morgan fingerprint density at radius 3 is 2.57 bits per heavy atom. The topological polar surface area (TPSA) is 49.7 Å². The normalized spacial score (nSPS) is 29.5. The molecule has 2 aliphatic heterocycles. The molecular weight excluding hydrogens is 308 g/mol. The molecule has 1 saturated heterocycles. The Kier molecular flexibility index (Phi) is 4.87. The van der Waals surface area contributed by atoms with Gasteiger partial charge < -0.3 is 0 Å². The molecule has 23 heavy (non-hydrogen) atoms. The van der Waals surface area contributed by atoms with Crippen LogP contribution in [0.4, 0.5) is 0 Å². The molecule has 3 rings (SSSR count). The highest BCUT2D eigenvalue weighted by atomic mass is 32.2. The molecule has 1 fully saturated rings. The number of hydrogen-bond acceptors (Lipinski definition) is 3. The van der Waals surface area contributed by atoms with Crippen molar-refractivity contribution in [2.45, 2.75) is 37.4 Å². The van der Waals surface area contributed by atoms with Gasteiger partial charge in [-0.2, -0.15) is 0 Å². The highest BCUT2D eigenvalue weighted by Gasteiger charge is 2.46. The molecule has 4 nitrogen and oxygen atoms in total. The number of hydrogen-bond donors (Lipinski definition) is 0. The minimum Gasteiger partial charge on any atom is -0.297 e. The molecule has 1 aromatic rings. The minimum absolute atomic E-state index is 0.467. The van der Waals surface area contributed by atoms with Crippen LogP contribution in [0.15, 0.2) is 35.3 Å². The molecule has 0 aliphatic carbocycles. The fourth-order valence-corrected chi connectivity index (χ4v) is 5.92. The molecule has 2 aliphatic rings. The highest BCUT2D eigenvalue weighted by Crippen LogP contribution is 2.37. The van der Waals surface area contributed by atoms with E-state index in [1.807, 2.05) is 30.3 Å². The van der Waals surface area contributed by atoms with Gasteiger partial charge in [-0.3, -0.25) is 4.99 Å². The molecule has 1 radical (unpaired) electrons. The summed E-state index contributed by atoms with van der Waals surface area (Å²) in [5.74, 6) is 0. The molecule has 0 amide bonds. The van der Waals surface area contributed by atoms with Gasteiger partial charge in [-0.1, -0.05) is 36.8 Å². The number of benzene rings is 1. The Morgan fingerprint density at radius 2 is 1.87 bits per heavy atom. The second-order valence-corrected chi connectivity index (χ2v) is 8.89. The first-order chi connectivity index (χ1) is 11.0. The van der Waals surface area contributed by atoms with Gasteiger partial charge >= 0.3 is 0 Å². The Labute approximate surface area is 139 Å². The fraction of sp³-hybridized carbons (Fsp3) is 0.556. The van der Waals surface area contributed by atoms with Crippen molar-refractivity contribution in [2.24, 2.45) is 10.4 Å². The van der Waals surface area contributed by atoms with Crippen LogP contribution in [0.25, 0.3) is 0 Å². The van der Waals surface area contributed by atoms with Crippen LogP contribution in [0, 0.1) is 12.3 Å². The van der Waals surface area contributed by atoms with Gasteiger partial charge in [-0.05, 0) is 31.7 Å². The van der Waals surface area contributed by atoms with Crippen LogP contribution in [-0.2, 0) is 16.4 Å². The maximum absolute atomic E-state index is 13.2. The van der Waals surface area contributed by atoms with Crippen molar-refractivity contribution in [3.8, 4) is 0 Å². The van der Waals surface area contributed by atoms with Crippen LogP contribution in [0.2, 0.25) is 0 Å². The number of aliphatic imine (C=N–C) groups is 1. The highest BCUT2D eigenvalue weighted by molar-refractivity contribution is 7.89. The first-order valence-electron chi connectivity index (χ1n) is 8.39. The fourth-order valence-electron chi connectivity index (χ4n) is 3.68. The van der Waals surface area contributed by atoms with Crippen molar-refractivity contribution in [3.05, 3.63) is 42.8 Å². The Hall–Kier alpha value is -1.20. The minimum atomic E-state index is -3.33. The summed E-state index contributed by atoms with van der Waals surface area (Å²) >= 11 is 0. The van der Waals surface area contributed by atoms with Crippen molar-refractivity contribution in [3.63, 3.8) is 0 Å². The first-order valence-corrected chi connectivity index (χ1v) is 9.89. The van der Waals surface area contributed by atoms with Gasteiger partial charge in [-0.25, -0.2) is 12.7 Å². The van der Waals surface area contributed by atoms with Gasteiger partial charge in [0.25, 0.3) is 0 Å². The molecule has 5 heteroatoms. The molecule has 125 valence electrons. The summed E-state index contributed by atoms with van der Waals surface area (Å²) in [5.41, 5.74) is 0.533. The third-order valence-corrected chi connectivity index (χ3v) is 7.47. The molecule has 0 N–H and O–H groups in total. The largest absolute Gasteiger partial charge is 0.297 e. The number of rotatable bonds is 4. The maximum atomic E-state index is 13.2. The summed E-state index contributed by atoms with van der Waals surface area (Å²) in [4.78, 5) is 4.36. The lowest BCUT2D eigenvalue weighted by Crippen LogP contribution is -2.51. The van der Waals surface area contributed by atoms with Crippen molar-refractivity contribution >= 4 is 16.2 Å². The number of sulfonamides is 1. The van der Waals surface area contributed by atoms with E-state index in [2.05, 4.69) is 11.9 Å². The molecule has 0 spiro atoms. The summed E-state index contributed by atoms with van der Waals surface area (Å²) in [6, 6.07) is 10.0. The lowest BCUT2D eigenvalue weighted by molar-refractivity contribution is 0.305. The van der Waals surface area contributed by atoms with Crippen LogP contribution in [0.5, 0.6) is 0 Å². The smallest absolute Gasteiger partial charge is 0.217 e. The van der Waals surface area contributed by atoms with Gasteiger partial charge in [0.1, 0.15) is 0 Å². The maximum Gasteiger partial charge on any atom is 0.217 e. The van der Waals surface area contributed by atoms with Gasteiger partial charge in [-0.15, -0.1) is 0 Å². The summed E-state index contributed by atoms with van der Waals surface area (Å²) < 4.78 is 28.0. The average molecular weight is 333 g/mol. The zero-order valence-electron chi connectivity index (χ0n) is 13.5. The standard InChI is InChI=1S/C18H25N2O2S/c1-18(14-16-8-4-2-5-9-16)15-19-11-10-17(18)23(21,22)20-12-6-3-7-13-20/h2,4-5,8-9,11,17H,1,3,6-7,10,12-15H2/t17?,18-/m1/s1. The van der Waals surface area contributed by atoms with Crippen LogP contribution >= 0.6 is 0 Å². The Balaban J connectivity index is 1.87. The molecular formula is C18H25N2O2S. The molecule has 0 aromatic heterocycles. The predicted molar refractivity (Wildman–Crippen MR) is 94.0 cm³/mol. The number of nitrogens with zero attached hydrogens (tertiary/aromatic N) is 2. The Morgan fingerprint density at radius 1 is 1.17 bits per heavy atom. The molecule has 0 bridgehead atoms. The van der Waals surface area contributed by atoms with Crippen molar-refractivity contribution < 1.29 is 8.42 Å². The third kappa shape index (κ3) is 3.50. The lowest BCUT2D eigenvalue weighted by Gasteiger charge is -2.41. The van der Waals surface area contributed by atoms with Crippen LogP contribution < -0.4 is 0 Å². The molecule has 0 saturated carbocycles. The van der Waals surface area contributed by atoms with E-state index in [4.69, 9.17) is 0 Å². The van der Waals surface area contributed by atoms with E-state index in [0.717, 1.165) is 24.8 Å². The van der Waals surface area contributed by atoms with Gasteiger partial charge in [0, 0.05) is 37.7 Å². The van der Waals surface area contributed by atoms with Crippen molar-refractivity contribution in [2.75, 3.05) is 19.6 Å². The molecule has 1 unspecified atom stereocenters. The van der Waals surface area contributed by atoms with E-state index in [1.54, 1.807) is 10.5 Å². The predicted octanol–water partition coefficient (Wildman–Crippen LogP) is 2.71. The summed E-state index contributed by atoms with van der Waals surface area (Å²) in [5, 5.41) is -0.481. The van der Waals surface area contributed by atoms with Crippen molar-refractivity contribution in [1.82, 2.24) is 4.31 Å². The number of piperidine rings is 1. The third-order valence-electron chi connectivity index (χ3n) is 4.97. The van der Waals surface area contributed by atoms with Gasteiger partial charge in [0.2, 0.25) is 10.0 Å². The van der Waals surface area contributed by atoms with E-state index >= 15 is 0 Å². The second-order valence-electron chi connectivity index (χ2n) is 6.78. The molecule has 2 atom stereocenters. The van der Waals surface area contributed by atoms with E-state index < -0.39 is 20.7 Å². The van der Waals surface area contributed by atoms with E-state index in [-0.39, 0.29) is 0 Å². The second kappa shape index (κ2) is 6.73. The average Bonchev–Trinajstić information content (AvgIpc) is 2.56. The zero-order valence-corrected chi connectivity index (χ0v) is 14.3. The quantitative estimate of drug-likeness (QED) is 0.850. The summed E-state index contributed by atoms with van der Waals surface area (Å²) in [6.45, 7) is 6.12. The Bertz CT molecular complexity index is 651. The summed E-state index contributed by atoms with van der Waals surface area (Å²) in [7, 11) is -3.33. The monoisotopic (exact) mass is 333 g/mol. The summed E-state index contributed by atoms with van der Waals surface area (Å²) in [6.07, 6.45) is 5.92. The molecule has 2 heterocycles. The van der Waals surface area contributed by atoms with E-state index in [9.17, 15) is 8.42 Å². The zero-order chi connectivity index (χ0) is 16.3. The molecule has 1 aromatic carbocycles. The van der Waals surface area contributed by atoms with Gasteiger partial charge in [0.05, 0.1) is 5.25 Å². The SMILES string of the molecule is [CH2][C@@]1(Cc2ccccc2)CN=CCC1S(=O)(=O)N1CCCCC1. The lowest BCUT2D eigenvalue weighted by atomic mass is 9.78. The van der Waals surface area contributed by atoms with Crippen LogP contribution in [0.3, 0.4) is 0 Å². The van der Waals surface area contributed by atoms with Crippen molar-refractivity contribution in [1.29, 1.82) is 0 Å². The van der Waals surface area contributed by atoms with Crippen LogP contribution in [-0.4, -0.2) is 43.8 Å². The first kappa shape index (κ1) is 16.7. The van der Waals surface area contributed by atoms with Crippen LogP contribution in [0.1, 0.15) is 31.2 Å². The van der Waals surface area contributed by atoms with E-state index in [1.165, 1.54) is 0 Å².